The number of fused-ring (bicyclic) bond motifs is 1. The Morgan fingerprint density at radius 2 is 1.68 bits per heavy atom. The SMILES string of the molecule is CN(C)C(CNC(=O)c1cc(-c2ccccn2)nc2ccccc12)Cc1ccccc1. The largest absolute Gasteiger partial charge is 0.350 e. The number of nitrogens with zero attached hydrogens (tertiary/aromatic N) is 3. The van der Waals surface area contributed by atoms with Gasteiger partial charge in [-0.15, -0.1) is 0 Å². The van der Waals surface area contributed by atoms with Crippen LogP contribution in [0.1, 0.15) is 15.9 Å². The van der Waals surface area contributed by atoms with Crippen molar-refractivity contribution in [1.29, 1.82) is 0 Å². The van der Waals surface area contributed by atoms with Gasteiger partial charge in [0.15, 0.2) is 0 Å². The lowest BCUT2D eigenvalue weighted by molar-refractivity contribution is 0.0943. The second-order valence-corrected chi connectivity index (χ2v) is 7.80. The summed E-state index contributed by atoms with van der Waals surface area (Å²) < 4.78 is 0. The number of hydrogen-bond acceptors (Lipinski definition) is 4. The van der Waals surface area contributed by atoms with Crippen molar-refractivity contribution in [2.45, 2.75) is 12.5 Å². The van der Waals surface area contributed by atoms with Crippen molar-refractivity contribution in [2.75, 3.05) is 20.6 Å². The molecule has 0 aliphatic carbocycles. The van der Waals surface area contributed by atoms with E-state index in [1.165, 1.54) is 5.56 Å². The number of hydrogen-bond donors (Lipinski definition) is 1. The minimum absolute atomic E-state index is 0.101. The monoisotopic (exact) mass is 410 g/mol. The van der Waals surface area contributed by atoms with Crippen molar-refractivity contribution in [2.24, 2.45) is 0 Å². The van der Waals surface area contributed by atoms with E-state index < -0.39 is 0 Å². The Morgan fingerprint density at radius 1 is 0.935 bits per heavy atom. The summed E-state index contributed by atoms with van der Waals surface area (Å²) >= 11 is 0. The Kier molecular flexibility index (Phi) is 6.34. The van der Waals surface area contributed by atoms with E-state index in [0.717, 1.165) is 23.0 Å². The molecule has 5 heteroatoms. The molecule has 0 radical (unpaired) electrons. The maximum atomic E-state index is 13.2. The zero-order valence-electron chi connectivity index (χ0n) is 17.8. The van der Waals surface area contributed by atoms with E-state index in [0.29, 0.717) is 17.8 Å². The van der Waals surface area contributed by atoms with Gasteiger partial charge < -0.3 is 10.2 Å². The van der Waals surface area contributed by atoms with Crippen LogP contribution in [-0.2, 0) is 6.42 Å². The number of pyridine rings is 2. The summed E-state index contributed by atoms with van der Waals surface area (Å²) in [6.45, 7) is 0.552. The van der Waals surface area contributed by atoms with Gasteiger partial charge in [0.25, 0.3) is 5.91 Å². The summed E-state index contributed by atoms with van der Waals surface area (Å²) in [5.74, 6) is -0.101. The predicted molar refractivity (Wildman–Crippen MR) is 125 cm³/mol. The fourth-order valence-corrected chi connectivity index (χ4v) is 3.64. The number of carbonyl (C=O) groups excluding carboxylic acids is 1. The molecule has 0 fully saturated rings. The quantitative estimate of drug-likeness (QED) is 0.496. The second-order valence-electron chi connectivity index (χ2n) is 7.80. The topological polar surface area (TPSA) is 58.1 Å². The van der Waals surface area contributed by atoms with Crippen molar-refractivity contribution in [3.8, 4) is 11.4 Å². The lowest BCUT2D eigenvalue weighted by Crippen LogP contribution is -2.41. The number of amides is 1. The molecule has 0 aliphatic heterocycles. The number of carbonyl (C=O) groups is 1. The summed E-state index contributed by atoms with van der Waals surface area (Å²) in [7, 11) is 4.08. The van der Waals surface area contributed by atoms with Gasteiger partial charge in [0.2, 0.25) is 0 Å². The van der Waals surface area contributed by atoms with Gasteiger partial charge >= 0.3 is 0 Å². The number of benzene rings is 2. The van der Waals surface area contributed by atoms with E-state index in [1.54, 1.807) is 6.20 Å². The van der Waals surface area contributed by atoms with Crippen LogP contribution in [-0.4, -0.2) is 47.5 Å². The number of likely N-dealkylation sites (N-methyl/N-ethyl adjacent to an activating group) is 1. The zero-order chi connectivity index (χ0) is 21.6. The third kappa shape index (κ3) is 4.95. The lowest BCUT2D eigenvalue weighted by atomic mass is 10.0. The smallest absolute Gasteiger partial charge is 0.252 e. The van der Waals surface area contributed by atoms with Crippen LogP contribution in [0.3, 0.4) is 0 Å². The maximum Gasteiger partial charge on any atom is 0.252 e. The molecule has 156 valence electrons. The summed E-state index contributed by atoms with van der Waals surface area (Å²) in [5, 5.41) is 3.98. The first kappa shape index (κ1) is 20.7. The molecule has 0 saturated heterocycles. The Labute approximate surface area is 182 Å². The first-order valence-electron chi connectivity index (χ1n) is 10.4. The van der Waals surface area contributed by atoms with Crippen molar-refractivity contribution >= 4 is 16.8 Å². The van der Waals surface area contributed by atoms with Crippen LogP contribution in [0.5, 0.6) is 0 Å². The first-order chi connectivity index (χ1) is 15.1. The van der Waals surface area contributed by atoms with Crippen LogP contribution in [0.15, 0.2) is 85.1 Å². The van der Waals surface area contributed by atoms with Crippen LogP contribution in [0.25, 0.3) is 22.3 Å². The molecule has 0 bridgehead atoms. The van der Waals surface area contributed by atoms with E-state index in [4.69, 9.17) is 4.98 Å². The number of para-hydroxylation sites is 1. The molecule has 4 rings (SSSR count). The molecule has 1 atom stereocenters. The maximum absolute atomic E-state index is 13.2. The predicted octanol–water partition coefficient (Wildman–Crippen LogP) is 4.20. The molecular weight excluding hydrogens is 384 g/mol. The molecule has 31 heavy (non-hydrogen) atoms. The fourth-order valence-electron chi connectivity index (χ4n) is 3.64. The Hall–Kier alpha value is -3.57. The summed E-state index contributed by atoms with van der Waals surface area (Å²) in [5.41, 5.74) is 4.09. The van der Waals surface area contributed by atoms with E-state index in [1.807, 2.05) is 80.8 Å². The third-order valence-electron chi connectivity index (χ3n) is 5.43. The second kappa shape index (κ2) is 9.49. The van der Waals surface area contributed by atoms with E-state index in [2.05, 4.69) is 27.3 Å². The Morgan fingerprint density at radius 3 is 2.42 bits per heavy atom. The third-order valence-corrected chi connectivity index (χ3v) is 5.43. The van der Waals surface area contributed by atoms with Gasteiger partial charge in [0, 0.05) is 24.2 Å². The summed E-state index contributed by atoms with van der Waals surface area (Å²) in [6, 6.07) is 25.8. The van der Waals surface area contributed by atoms with Gasteiger partial charge in [-0.1, -0.05) is 54.6 Å². The summed E-state index contributed by atoms with van der Waals surface area (Å²) in [4.78, 5) is 24.5. The van der Waals surface area contributed by atoms with Crippen LogP contribution >= 0.6 is 0 Å². The average Bonchev–Trinajstić information content (AvgIpc) is 2.82. The molecule has 0 aliphatic rings. The molecular formula is C26H26N4O. The molecule has 2 aromatic heterocycles. The van der Waals surface area contributed by atoms with Gasteiger partial charge in [-0.05, 0) is 50.3 Å². The van der Waals surface area contributed by atoms with Crippen molar-refractivity contribution < 1.29 is 4.79 Å². The van der Waals surface area contributed by atoms with Crippen LogP contribution in [0, 0.1) is 0 Å². The molecule has 1 unspecified atom stereocenters. The molecule has 5 nitrogen and oxygen atoms in total. The molecule has 0 spiro atoms. The fraction of sp³-hybridized carbons (Fsp3) is 0.192. The van der Waals surface area contributed by atoms with Gasteiger partial charge in [0.05, 0.1) is 22.5 Å². The highest BCUT2D eigenvalue weighted by Crippen LogP contribution is 2.23. The molecule has 1 N–H and O–H groups in total. The minimum atomic E-state index is -0.101. The van der Waals surface area contributed by atoms with Crippen LogP contribution in [0.2, 0.25) is 0 Å². The molecule has 2 aromatic carbocycles. The van der Waals surface area contributed by atoms with Crippen molar-refractivity contribution in [3.05, 3.63) is 96.2 Å². The van der Waals surface area contributed by atoms with Crippen molar-refractivity contribution in [3.63, 3.8) is 0 Å². The van der Waals surface area contributed by atoms with Crippen molar-refractivity contribution in [1.82, 2.24) is 20.2 Å². The van der Waals surface area contributed by atoms with Gasteiger partial charge in [-0.25, -0.2) is 4.98 Å². The lowest BCUT2D eigenvalue weighted by Gasteiger charge is -2.25. The normalized spacial score (nSPS) is 12.1. The highest BCUT2D eigenvalue weighted by atomic mass is 16.1. The van der Waals surface area contributed by atoms with E-state index in [9.17, 15) is 4.79 Å². The van der Waals surface area contributed by atoms with Gasteiger partial charge in [-0.3, -0.25) is 9.78 Å². The summed E-state index contributed by atoms with van der Waals surface area (Å²) in [6.07, 6.45) is 2.60. The average molecular weight is 411 g/mol. The standard InChI is InChI=1S/C26H26N4O/c1-30(2)20(16-19-10-4-3-5-11-19)18-28-26(31)22-17-25(24-14-8-9-15-27-24)29-23-13-7-6-12-21(22)23/h3-15,17,20H,16,18H2,1-2H3,(H,28,31). The highest BCUT2D eigenvalue weighted by Gasteiger charge is 2.17. The van der Waals surface area contributed by atoms with Gasteiger partial charge in [-0.2, -0.15) is 0 Å². The zero-order valence-corrected chi connectivity index (χ0v) is 17.8. The molecule has 2 heterocycles. The molecule has 0 saturated carbocycles. The Balaban J connectivity index is 1.59. The van der Waals surface area contributed by atoms with E-state index in [-0.39, 0.29) is 11.9 Å². The number of aromatic nitrogens is 2. The van der Waals surface area contributed by atoms with Crippen LogP contribution in [0.4, 0.5) is 0 Å². The molecule has 4 aromatic rings. The molecule has 1 amide bonds. The van der Waals surface area contributed by atoms with E-state index >= 15 is 0 Å². The Bertz CT molecular complexity index is 1160. The highest BCUT2D eigenvalue weighted by molar-refractivity contribution is 6.07. The first-order valence-corrected chi connectivity index (χ1v) is 10.4. The number of nitrogens with one attached hydrogen (secondary N) is 1. The van der Waals surface area contributed by atoms with Gasteiger partial charge in [0.1, 0.15) is 0 Å². The number of rotatable bonds is 7. The van der Waals surface area contributed by atoms with Crippen LogP contribution < -0.4 is 5.32 Å². The minimum Gasteiger partial charge on any atom is -0.350 e.